The topological polar surface area (TPSA) is 68.2 Å². The zero-order chi connectivity index (χ0) is 18.5. The van der Waals surface area contributed by atoms with E-state index in [-0.39, 0.29) is 12.4 Å². The van der Waals surface area contributed by atoms with Gasteiger partial charge in [-0.25, -0.2) is 4.98 Å². The van der Waals surface area contributed by atoms with E-state index in [4.69, 9.17) is 10.00 Å². The van der Waals surface area contributed by atoms with Gasteiger partial charge in [-0.15, -0.1) is 12.4 Å². The Balaban J connectivity index is 0.00000225. The molecule has 4 rings (SSSR count). The van der Waals surface area contributed by atoms with E-state index < -0.39 is 0 Å². The van der Waals surface area contributed by atoms with Gasteiger partial charge < -0.3 is 14.6 Å². The number of hydrogen-bond donors (Lipinski definition) is 1. The molecule has 2 aromatic heterocycles. The lowest BCUT2D eigenvalue weighted by molar-refractivity contribution is 0.224. The number of hydrogen-bond acceptors (Lipinski definition) is 5. The van der Waals surface area contributed by atoms with Crippen LogP contribution in [-0.4, -0.2) is 54.2 Å². The van der Waals surface area contributed by atoms with Crippen LogP contribution < -0.4 is 9.64 Å². The maximum Gasteiger partial charge on any atom is 0.140 e. The highest BCUT2D eigenvalue weighted by atomic mass is 35.5. The predicted octanol–water partition coefficient (Wildman–Crippen LogP) is 3.45. The summed E-state index contributed by atoms with van der Waals surface area (Å²) < 4.78 is 5.71. The molecule has 1 N–H and O–H groups in total. The van der Waals surface area contributed by atoms with Crippen molar-refractivity contribution in [2.45, 2.75) is 6.42 Å². The monoisotopic (exact) mass is 397 g/mol. The third-order valence-electron chi connectivity index (χ3n) is 5.02. The van der Waals surface area contributed by atoms with Gasteiger partial charge in [0.1, 0.15) is 17.5 Å². The van der Waals surface area contributed by atoms with Gasteiger partial charge in [0.2, 0.25) is 0 Å². The summed E-state index contributed by atoms with van der Waals surface area (Å²) in [6.45, 7) is 5.93. The van der Waals surface area contributed by atoms with Gasteiger partial charge in [-0.1, -0.05) is 6.07 Å². The molecule has 1 aromatic carbocycles. The molecular formula is C21H24ClN5O. The largest absolute Gasteiger partial charge is 0.492 e. The van der Waals surface area contributed by atoms with Gasteiger partial charge in [0.05, 0.1) is 12.8 Å². The highest BCUT2D eigenvalue weighted by Gasteiger charge is 2.18. The van der Waals surface area contributed by atoms with Crippen LogP contribution in [-0.2, 0) is 0 Å². The number of aromatic nitrogens is 2. The van der Waals surface area contributed by atoms with Crippen LogP contribution in [0.5, 0.6) is 5.75 Å². The van der Waals surface area contributed by atoms with Gasteiger partial charge in [0.15, 0.2) is 0 Å². The van der Waals surface area contributed by atoms with Gasteiger partial charge in [0.25, 0.3) is 0 Å². The fourth-order valence-electron chi connectivity index (χ4n) is 3.57. The Morgan fingerprint density at radius 2 is 1.96 bits per heavy atom. The number of halogens is 1. The number of benzene rings is 1. The van der Waals surface area contributed by atoms with Gasteiger partial charge in [-0.05, 0) is 36.8 Å². The summed E-state index contributed by atoms with van der Waals surface area (Å²) in [5.74, 6) is 0.721. The minimum atomic E-state index is 0. The molecule has 0 saturated carbocycles. The van der Waals surface area contributed by atoms with Crippen molar-refractivity contribution in [2.75, 3.05) is 44.2 Å². The number of fused-ring (bicyclic) bond motifs is 1. The summed E-state index contributed by atoms with van der Waals surface area (Å²) in [4.78, 5) is 12.3. The minimum absolute atomic E-state index is 0. The molecule has 1 saturated heterocycles. The number of anilines is 1. The molecule has 28 heavy (non-hydrogen) atoms. The van der Waals surface area contributed by atoms with Crippen LogP contribution in [0, 0.1) is 11.3 Å². The number of pyridine rings is 1. The summed E-state index contributed by atoms with van der Waals surface area (Å²) in [5, 5.41) is 10.1. The van der Waals surface area contributed by atoms with Crippen molar-refractivity contribution < 1.29 is 4.74 Å². The summed E-state index contributed by atoms with van der Waals surface area (Å²) in [6, 6.07) is 14.1. The van der Waals surface area contributed by atoms with E-state index in [0.717, 1.165) is 44.9 Å². The highest BCUT2D eigenvalue weighted by molar-refractivity contribution is 5.92. The number of nitrogens with one attached hydrogen (secondary N) is 1. The van der Waals surface area contributed by atoms with Crippen LogP contribution in [0.4, 0.5) is 5.69 Å². The summed E-state index contributed by atoms with van der Waals surface area (Å²) in [7, 11) is 0. The zero-order valence-electron chi connectivity index (χ0n) is 15.7. The number of piperazine rings is 1. The first-order valence-corrected chi connectivity index (χ1v) is 9.36. The van der Waals surface area contributed by atoms with Crippen LogP contribution in [0.25, 0.3) is 10.9 Å². The fraction of sp³-hybridized carbons (Fsp3) is 0.333. The van der Waals surface area contributed by atoms with Crippen LogP contribution in [0.15, 0.2) is 48.8 Å². The smallest absolute Gasteiger partial charge is 0.140 e. The Labute approximate surface area is 171 Å². The lowest BCUT2D eigenvalue weighted by Gasteiger charge is -2.36. The van der Waals surface area contributed by atoms with E-state index in [9.17, 15) is 0 Å². The molecule has 3 aromatic rings. The van der Waals surface area contributed by atoms with Crippen LogP contribution in [0.2, 0.25) is 0 Å². The molecule has 7 heteroatoms. The fourth-order valence-corrected chi connectivity index (χ4v) is 3.57. The van der Waals surface area contributed by atoms with E-state index in [1.54, 1.807) is 18.3 Å². The van der Waals surface area contributed by atoms with Crippen molar-refractivity contribution in [3.8, 4) is 11.8 Å². The van der Waals surface area contributed by atoms with E-state index in [1.165, 1.54) is 16.6 Å². The maximum absolute atomic E-state index is 8.76. The molecule has 1 fully saturated rings. The Morgan fingerprint density at radius 1 is 1.11 bits per heavy atom. The van der Waals surface area contributed by atoms with Crippen LogP contribution in [0.3, 0.4) is 0 Å². The van der Waals surface area contributed by atoms with E-state index in [0.29, 0.717) is 12.3 Å². The van der Waals surface area contributed by atoms with Crippen molar-refractivity contribution in [2.24, 2.45) is 0 Å². The SMILES string of the molecule is Cl.N#Cc1ccc(OCCCN2CCN(c3cccc4[nH]ccc34)CC2)cn1. The molecule has 1 aliphatic heterocycles. The Hall–Kier alpha value is -2.75. The predicted molar refractivity (Wildman–Crippen MR) is 113 cm³/mol. The van der Waals surface area contributed by atoms with Crippen LogP contribution >= 0.6 is 12.4 Å². The molecular weight excluding hydrogens is 374 g/mol. The second-order valence-corrected chi connectivity index (χ2v) is 6.74. The van der Waals surface area contributed by atoms with Gasteiger partial charge in [-0.2, -0.15) is 5.26 Å². The quantitative estimate of drug-likeness (QED) is 0.645. The van der Waals surface area contributed by atoms with Crippen LogP contribution in [0.1, 0.15) is 12.1 Å². The van der Waals surface area contributed by atoms with Gasteiger partial charge >= 0.3 is 0 Å². The number of aromatic amines is 1. The number of H-pyrrole nitrogens is 1. The average molecular weight is 398 g/mol. The van der Waals surface area contributed by atoms with E-state index in [1.807, 2.05) is 12.3 Å². The Bertz CT molecular complexity index is 926. The lowest BCUT2D eigenvalue weighted by atomic mass is 10.1. The third kappa shape index (κ3) is 4.56. The Kier molecular flexibility index (Phi) is 6.75. The molecule has 0 amide bonds. The first-order valence-electron chi connectivity index (χ1n) is 9.36. The molecule has 0 atom stereocenters. The molecule has 6 nitrogen and oxygen atoms in total. The first-order chi connectivity index (χ1) is 13.3. The van der Waals surface area contributed by atoms with Crippen molar-refractivity contribution in [3.63, 3.8) is 0 Å². The molecule has 146 valence electrons. The van der Waals surface area contributed by atoms with Gasteiger partial charge in [-0.3, -0.25) is 4.90 Å². The zero-order valence-corrected chi connectivity index (χ0v) is 16.5. The molecule has 0 spiro atoms. The molecule has 0 aliphatic carbocycles. The number of rotatable bonds is 6. The van der Waals surface area contributed by atoms with Gasteiger partial charge in [0, 0.05) is 55.5 Å². The highest BCUT2D eigenvalue weighted by Crippen LogP contribution is 2.26. The summed E-state index contributed by atoms with van der Waals surface area (Å²) in [5.41, 5.74) is 2.94. The second kappa shape index (κ2) is 9.45. The number of ether oxygens (including phenoxy) is 1. The lowest BCUT2D eigenvalue weighted by Crippen LogP contribution is -2.46. The van der Waals surface area contributed by atoms with Crippen molar-refractivity contribution >= 4 is 29.0 Å². The third-order valence-corrected chi connectivity index (χ3v) is 5.02. The standard InChI is InChI=1S/C21H23N5O.ClH/c22-15-17-5-6-18(16-24-17)27-14-2-9-25-10-12-26(13-11-25)21-4-1-3-20-19(21)7-8-23-20;/h1,3-8,16,23H,2,9-14H2;1H. The molecule has 3 heterocycles. The molecule has 1 aliphatic rings. The summed E-state index contributed by atoms with van der Waals surface area (Å²) >= 11 is 0. The molecule has 0 radical (unpaired) electrons. The minimum Gasteiger partial charge on any atom is -0.492 e. The normalized spacial score (nSPS) is 14.5. The van der Waals surface area contributed by atoms with Crippen molar-refractivity contribution in [1.29, 1.82) is 5.26 Å². The molecule has 0 bridgehead atoms. The van der Waals surface area contributed by atoms with E-state index >= 15 is 0 Å². The average Bonchev–Trinajstić information content (AvgIpc) is 3.21. The summed E-state index contributed by atoms with van der Waals surface area (Å²) in [6.07, 6.45) is 4.60. The number of nitrogens with zero attached hydrogens (tertiary/aromatic N) is 4. The number of nitriles is 1. The van der Waals surface area contributed by atoms with Crippen molar-refractivity contribution in [3.05, 3.63) is 54.5 Å². The second-order valence-electron chi connectivity index (χ2n) is 6.74. The first kappa shape index (κ1) is 20.0. The van der Waals surface area contributed by atoms with E-state index in [2.05, 4.69) is 44.0 Å². The molecule has 0 unspecified atom stereocenters. The van der Waals surface area contributed by atoms with Crippen molar-refractivity contribution in [1.82, 2.24) is 14.9 Å². The Morgan fingerprint density at radius 3 is 2.71 bits per heavy atom. The maximum atomic E-state index is 8.76.